The first-order chi connectivity index (χ1) is 14.2. The Hall–Kier alpha value is -1.43. The molecule has 8 atom stereocenters. The van der Waals surface area contributed by atoms with Gasteiger partial charge in [0, 0.05) is 6.61 Å². The van der Waals surface area contributed by atoms with Gasteiger partial charge in [-0.3, -0.25) is 14.4 Å². The van der Waals surface area contributed by atoms with Gasteiger partial charge in [0.2, 0.25) is 5.78 Å². The number of hydrogen-bond donors (Lipinski definition) is 3. The lowest BCUT2D eigenvalue weighted by Gasteiger charge is -2.61. The molecule has 4 aliphatic rings. The summed E-state index contributed by atoms with van der Waals surface area (Å²) < 4.78 is 0. The van der Waals surface area contributed by atoms with E-state index in [4.69, 9.17) is 5.73 Å². The van der Waals surface area contributed by atoms with Gasteiger partial charge in [0.25, 0.3) is 5.91 Å². The molecule has 4 rings (SSSR count). The van der Waals surface area contributed by atoms with Crippen molar-refractivity contribution in [2.75, 3.05) is 6.61 Å². The van der Waals surface area contributed by atoms with Crippen LogP contribution in [0.15, 0.2) is 0 Å². The summed E-state index contributed by atoms with van der Waals surface area (Å²) in [5.41, 5.74) is 3.08. The van der Waals surface area contributed by atoms with Crippen molar-refractivity contribution in [2.45, 2.75) is 78.1 Å². The van der Waals surface area contributed by atoms with Crippen molar-refractivity contribution in [2.24, 2.45) is 51.6 Å². The van der Waals surface area contributed by atoms with E-state index >= 15 is 0 Å². The summed E-state index contributed by atoms with van der Waals surface area (Å²) in [5, 5.41) is 20.4. The van der Waals surface area contributed by atoms with E-state index in [9.17, 15) is 24.6 Å². The van der Waals surface area contributed by atoms with Crippen LogP contribution in [0.25, 0.3) is 0 Å². The van der Waals surface area contributed by atoms with E-state index in [-0.39, 0.29) is 23.9 Å². The van der Waals surface area contributed by atoms with E-state index in [2.05, 4.69) is 6.92 Å². The fourth-order valence-corrected chi connectivity index (χ4v) is 9.11. The van der Waals surface area contributed by atoms with Gasteiger partial charge >= 0.3 is 5.97 Å². The Labute approximate surface area is 179 Å². The summed E-state index contributed by atoms with van der Waals surface area (Å²) in [6.07, 6.45) is 9.29. The zero-order valence-electron chi connectivity index (χ0n) is 18.4. The van der Waals surface area contributed by atoms with Crippen LogP contribution in [0, 0.1) is 45.8 Å². The Morgan fingerprint density at radius 3 is 2.33 bits per heavy atom. The molecule has 168 valence electrons. The van der Waals surface area contributed by atoms with Gasteiger partial charge in [-0.2, -0.15) is 0 Å². The number of carbonyl (C=O) groups excluding carboxylic acids is 2. The van der Waals surface area contributed by atoms with Gasteiger partial charge in [0.1, 0.15) is 0 Å². The molecule has 0 aromatic heterocycles. The number of fused-ring (bicyclic) bond motifs is 5. The minimum absolute atomic E-state index is 0.138. The maximum Gasteiger partial charge on any atom is 0.311 e. The monoisotopic (exact) mass is 419 g/mol. The summed E-state index contributed by atoms with van der Waals surface area (Å²) in [6.45, 7) is 3.81. The van der Waals surface area contributed by atoms with Gasteiger partial charge in [-0.05, 0) is 86.4 Å². The normalized spacial score (nSPS) is 46.2. The predicted octanol–water partition coefficient (Wildman–Crippen LogP) is 3.15. The van der Waals surface area contributed by atoms with Crippen LogP contribution in [-0.4, -0.2) is 34.5 Å². The third-order valence-electron chi connectivity index (χ3n) is 10.4. The molecule has 4 aliphatic carbocycles. The van der Waals surface area contributed by atoms with Crippen LogP contribution in [0.2, 0.25) is 0 Å². The summed E-state index contributed by atoms with van der Waals surface area (Å²) in [4.78, 5) is 38.4. The molecule has 0 radical (unpaired) electrons. The summed E-state index contributed by atoms with van der Waals surface area (Å²) in [5.74, 6) is -2.08. The van der Waals surface area contributed by atoms with E-state index in [1.807, 2.05) is 0 Å². The number of carbonyl (C=O) groups is 3. The molecule has 0 heterocycles. The highest BCUT2D eigenvalue weighted by Gasteiger charge is 2.74. The van der Waals surface area contributed by atoms with E-state index in [1.165, 1.54) is 25.7 Å². The van der Waals surface area contributed by atoms with E-state index < -0.39 is 34.4 Å². The van der Waals surface area contributed by atoms with Gasteiger partial charge in [-0.15, -0.1) is 0 Å². The molecule has 1 amide bonds. The number of amides is 1. The number of carboxylic acid groups (broad SMARTS) is 1. The zero-order chi connectivity index (χ0) is 21.9. The zero-order valence-corrected chi connectivity index (χ0v) is 18.4. The van der Waals surface area contributed by atoms with Gasteiger partial charge in [0.15, 0.2) is 0 Å². The second-order valence-corrected chi connectivity index (χ2v) is 11.0. The van der Waals surface area contributed by atoms with Crippen LogP contribution in [0.4, 0.5) is 0 Å². The Balaban J connectivity index is 1.82. The van der Waals surface area contributed by atoms with Gasteiger partial charge < -0.3 is 15.9 Å². The third-order valence-corrected chi connectivity index (χ3v) is 10.4. The number of primary amides is 1. The largest absolute Gasteiger partial charge is 0.481 e. The topological polar surface area (TPSA) is 118 Å². The van der Waals surface area contributed by atoms with E-state index in [1.54, 1.807) is 6.92 Å². The summed E-state index contributed by atoms with van der Waals surface area (Å²) in [7, 11) is 0. The highest BCUT2D eigenvalue weighted by atomic mass is 16.4. The molecule has 4 saturated carbocycles. The molecule has 4 N–H and O–H groups in total. The SMILES string of the molecule is CC(CO)C1(C(=O)O)CC[C@H]2[C@@H]3CCC4CCCC[C@]4(C)[C@H]3CC[C@@]21C(=O)C(N)=O. The Morgan fingerprint density at radius 2 is 1.70 bits per heavy atom. The minimum atomic E-state index is -1.42. The van der Waals surface area contributed by atoms with Crippen LogP contribution >= 0.6 is 0 Å². The lowest BCUT2D eigenvalue weighted by atomic mass is 9.41. The molecule has 0 spiro atoms. The van der Waals surface area contributed by atoms with Crippen molar-refractivity contribution in [3.63, 3.8) is 0 Å². The second kappa shape index (κ2) is 7.32. The summed E-state index contributed by atoms with van der Waals surface area (Å²) in [6, 6.07) is 0. The average Bonchev–Trinajstić information content (AvgIpc) is 3.09. The lowest BCUT2D eigenvalue weighted by molar-refractivity contribution is -0.186. The fraction of sp³-hybridized carbons (Fsp3) is 0.875. The van der Waals surface area contributed by atoms with E-state index in [0.717, 1.165) is 19.3 Å². The highest BCUT2D eigenvalue weighted by Crippen LogP contribution is 2.72. The van der Waals surface area contributed by atoms with Gasteiger partial charge in [0.05, 0.1) is 10.8 Å². The number of hydrogen-bond acceptors (Lipinski definition) is 4. The van der Waals surface area contributed by atoms with Gasteiger partial charge in [-0.25, -0.2) is 0 Å². The van der Waals surface area contributed by atoms with Crippen molar-refractivity contribution >= 4 is 17.7 Å². The van der Waals surface area contributed by atoms with Crippen LogP contribution in [0.1, 0.15) is 78.1 Å². The third kappa shape index (κ3) is 2.55. The minimum Gasteiger partial charge on any atom is -0.481 e. The number of ketones is 1. The number of aliphatic hydroxyl groups is 1. The number of aliphatic hydroxyl groups excluding tert-OH is 1. The van der Waals surface area contributed by atoms with Crippen LogP contribution in [-0.2, 0) is 14.4 Å². The average molecular weight is 420 g/mol. The predicted molar refractivity (Wildman–Crippen MR) is 111 cm³/mol. The number of rotatable bonds is 5. The molecular weight excluding hydrogens is 382 g/mol. The van der Waals surface area contributed by atoms with Crippen LogP contribution in [0.3, 0.4) is 0 Å². The maximum absolute atomic E-state index is 13.5. The number of nitrogens with two attached hydrogens (primary N) is 1. The number of aliphatic carboxylic acids is 1. The lowest BCUT2D eigenvalue weighted by Crippen LogP contribution is -2.63. The molecule has 0 aromatic carbocycles. The molecule has 3 unspecified atom stereocenters. The Kier molecular flexibility index (Phi) is 5.32. The molecule has 4 fully saturated rings. The summed E-state index contributed by atoms with van der Waals surface area (Å²) >= 11 is 0. The van der Waals surface area contributed by atoms with E-state index in [0.29, 0.717) is 31.1 Å². The van der Waals surface area contributed by atoms with Gasteiger partial charge in [-0.1, -0.05) is 26.7 Å². The van der Waals surface area contributed by atoms with Crippen molar-refractivity contribution in [3.05, 3.63) is 0 Å². The second-order valence-electron chi connectivity index (χ2n) is 11.0. The first-order valence-electron chi connectivity index (χ1n) is 11.8. The first kappa shape index (κ1) is 21.8. The standard InChI is InChI=1S/C24H37NO5/c1-14(13-26)23(21(29)30)11-9-18-16-7-6-15-5-3-4-10-22(15,2)17(16)8-12-24(18,23)19(27)20(25)28/h14-18,26H,3-13H2,1-2H3,(H2,25,28)(H,29,30)/t14?,15?,16-,17+,18+,22+,23?,24+/m1/s1. The highest BCUT2D eigenvalue weighted by molar-refractivity contribution is 6.38. The van der Waals surface area contributed by atoms with Crippen LogP contribution in [0.5, 0.6) is 0 Å². The molecule has 0 saturated heterocycles. The Bertz CT molecular complexity index is 752. The van der Waals surface area contributed by atoms with Crippen LogP contribution < -0.4 is 5.73 Å². The molecule has 0 aliphatic heterocycles. The molecular formula is C24H37NO5. The number of Topliss-reactive ketones (excluding diaryl/α,β-unsaturated/α-hetero) is 1. The first-order valence-corrected chi connectivity index (χ1v) is 11.8. The Morgan fingerprint density at radius 1 is 1.00 bits per heavy atom. The fourth-order valence-electron chi connectivity index (χ4n) is 9.11. The smallest absolute Gasteiger partial charge is 0.311 e. The molecule has 6 nitrogen and oxygen atoms in total. The molecule has 30 heavy (non-hydrogen) atoms. The van der Waals surface area contributed by atoms with Crippen molar-refractivity contribution in [1.29, 1.82) is 0 Å². The van der Waals surface area contributed by atoms with Crippen molar-refractivity contribution < 1.29 is 24.6 Å². The maximum atomic E-state index is 13.5. The van der Waals surface area contributed by atoms with Crippen molar-refractivity contribution in [3.8, 4) is 0 Å². The molecule has 0 bridgehead atoms. The quantitative estimate of drug-likeness (QED) is 0.592. The van der Waals surface area contributed by atoms with Crippen molar-refractivity contribution in [1.82, 2.24) is 0 Å². The number of carboxylic acids is 1. The molecule has 6 heteroatoms. The molecule has 0 aromatic rings.